The first-order valence-electron chi connectivity index (χ1n) is 3.39. The second-order valence-corrected chi connectivity index (χ2v) is 2.58. The SMILES string of the molecule is O=C1C=c2cc(F)cc(F)c2=C1. The molecule has 0 fully saturated rings. The van der Waals surface area contributed by atoms with Crippen LogP contribution in [0.15, 0.2) is 12.1 Å². The molecule has 60 valence electrons. The zero-order valence-corrected chi connectivity index (χ0v) is 5.97. The number of fused-ring (bicyclic) bond motifs is 1. The van der Waals surface area contributed by atoms with Gasteiger partial charge in [-0.25, -0.2) is 8.78 Å². The molecule has 0 bridgehead atoms. The Morgan fingerprint density at radius 2 is 1.83 bits per heavy atom. The average molecular weight is 166 g/mol. The highest BCUT2D eigenvalue weighted by atomic mass is 19.1. The first kappa shape index (κ1) is 7.16. The molecule has 1 aromatic rings. The normalized spacial score (nSPS) is 13.7. The molecule has 1 aromatic carbocycles. The van der Waals surface area contributed by atoms with Crippen molar-refractivity contribution in [3.05, 3.63) is 34.2 Å². The summed E-state index contributed by atoms with van der Waals surface area (Å²) in [5.74, 6) is -1.65. The van der Waals surface area contributed by atoms with E-state index in [0.717, 1.165) is 18.2 Å². The highest BCUT2D eigenvalue weighted by Crippen LogP contribution is 1.95. The number of hydrogen-bond donors (Lipinski definition) is 0. The van der Waals surface area contributed by atoms with Gasteiger partial charge in [0.05, 0.1) is 0 Å². The third kappa shape index (κ3) is 0.942. The van der Waals surface area contributed by atoms with Crippen molar-refractivity contribution in [1.82, 2.24) is 0 Å². The maximum atomic E-state index is 12.9. The summed E-state index contributed by atoms with van der Waals surface area (Å²) in [6.45, 7) is 0. The zero-order valence-electron chi connectivity index (χ0n) is 5.97. The minimum atomic E-state index is -0.688. The lowest BCUT2D eigenvalue weighted by Crippen LogP contribution is -2.25. The molecule has 1 nitrogen and oxygen atoms in total. The Bertz CT molecular complexity index is 474. The van der Waals surface area contributed by atoms with Gasteiger partial charge >= 0.3 is 0 Å². The van der Waals surface area contributed by atoms with Crippen LogP contribution in [0.5, 0.6) is 0 Å². The average Bonchev–Trinajstić information content (AvgIpc) is 2.29. The smallest absolute Gasteiger partial charge is 0.179 e. The van der Waals surface area contributed by atoms with Gasteiger partial charge in [0.1, 0.15) is 11.6 Å². The van der Waals surface area contributed by atoms with Crippen molar-refractivity contribution in [3.63, 3.8) is 0 Å². The maximum Gasteiger partial charge on any atom is 0.179 e. The molecular weight excluding hydrogens is 162 g/mol. The molecule has 0 unspecified atom stereocenters. The molecule has 0 aliphatic heterocycles. The van der Waals surface area contributed by atoms with Crippen molar-refractivity contribution in [2.24, 2.45) is 0 Å². The summed E-state index contributed by atoms with van der Waals surface area (Å²) in [5, 5.41) is 0.499. The summed E-state index contributed by atoms with van der Waals surface area (Å²) in [7, 11) is 0. The van der Waals surface area contributed by atoms with Crippen LogP contribution in [0.2, 0.25) is 0 Å². The Morgan fingerprint density at radius 1 is 1.08 bits per heavy atom. The minimum absolute atomic E-state index is 0.182. The third-order valence-corrected chi connectivity index (χ3v) is 1.71. The Hall–Kier alpha value is -1.51. The van der Waals surface area contributed by atoms with Crippen LogP contribution in [-0.2, 0) is 4.79 Å². The molecular formula is C9H4F2O. The third-order valence-electron chi connectivity index (χ3n) is 1.71. The van der Waals surface area contributed by atoms with E-state index in [2.05, 4.69) is 0 Å². The first-order chi connectivity index (χ1) is 5.66. The molecule has 0 spiro atoms. The molecule has 12 heavy (non-hydrogen) atoms. The standard InChI is InChI=1S/C9H4F2O/c10-6-1-5-2-7(12)4-8(5)9(11)3-6/h1-4H. The highest BCUT2D eigenvalue weighted by Gasteiger charge is 2.07. The minimum Gasteiger partial charge on any atom is -0.290 e. The van der Waals surface area contributed by atoms with E-state index in [1.54, 1.807) is 0 Å². The van der Waals surface area contributed by atoms with E-state index in [9.17, 15) is 13.6 Å². The van der Waals surface area contributed by atoms with E-state index in [0.29, 0.717) is 5.22 Å². The lowest BCUT2D eigenvalue weighted by Gasteiger charge is -1.89. The molecule has 0 amide bonds. The molecule has 2 rings (SSSR count). The molecule has 1 aliphatic carbocycles. The lowest BCUT2D eigenvalue weighted by atomic mass is 10.2. The van der Waals surface area contributed by atoms with Gasteiger partial charge < -0.3 is 0 Å². The highest BCUT2D eigenvalue weighted by molar-refractivity contribution is 6.26. The number of carbonyl (C=O) groups excluding carboxylic acids is 1. The predicted octanol–water partition coefficient (Wildman–Crippen LogP) is 0.109. The Kier molecular flexibility index (Phi) is 1.33. The number of hydrogen-bond acceptors (Lipinski definition) is 1. The van der Waals surface area contributed by atoms with E-state index >= 15 is 0 Å². The van der Waals surface area contributed by atoms with Gasteiger partial charge in [-0.05, 0) is 23.4 Å². The Morgan fingerprint density at radius 3 is 2.58 bits per heavy atom. The molecule has 0 N–H and O–H groups in total. The van der Waals surface area contributed by atoms with Crippen molar-refractivity contribution in [3.8, 4) is 0 Å². The Balaban J connectivity index is 2.95. The van der Waals surface area contributed by atoms with Crippen LogP contribution in [-0.4, -0.2) is 5.78 Å². The summed E-state index contributed by atoms with van der Waals surface area (Å²) < 4.78 is 25.4. The number of rotatable bonds is 0. The maximum absolute atomic E-state index is 12.9. The molecule has 0 radical (unpaired) electrons. The summed E-state index contributed by atoms with van der Waals surface area (Å²) in [6, 6.07) is 1.90. The summed E-state index contributed by atoms with van der Waals surface area (Å²) >= 11 is 0. The fourth-order valence-electron chi connectivity index (χ4n) is 1.21. The van der Waals surface area contributed by atoms with Gasteiger partial charge in [-0.3, -0.25) is 4.79 Å². The van der Waals surface area contributed by atoms with Crippen LogP contribution in [0, 0.1) is 11.6 Å². The van der Waals surface area contributed by atoms with E-state index in [-0.39, 0.29) is 11.0 Å². The Labute approximate surface area is 66.6 Å². The molecule has 1 aliphatic rings. The predicted molar refractivity (Wildman–Crippen MR) is 39.5 cm³/mol. The van der Waals surface area contributed by atoms with Crippen molar-refractivity contribution in [2.75, 3.05) is 0 Å². The zero-order chi connectivity index (χ0) is 8.72. The van der Waals surface area contributed by atoms with Gasteiger partial charge in [-0.2, -0.15) is 0 Å². The second-order valence-electron chi connectivity index (χ2n) is 2.58. The molecule has 0 aromatic heterocycles. The van der Waals surface area contributed by atoms with Crippen LogP contribution in [0.3, 0.4) is 0 Å². The summed E-state index contributed by atoms with van der Waals surface area (Å²) in [6.07, 6.45) is 2.37. The van der Waals surface area contributed by atoms with Crippen LogP contribution in [0.1, 0.15) is 0 Å². The van der Waals surface area contributed by atoms with Crippen LogP contribution in [0.4, 0.5) is 8.78 Å². The van der Waals surface area contributed by atoms with E-state index in [1.807, 2.05) is 0 Å². The molecule has 0 saturated carbocycles. The van der Waals surface area contributed by atoms with Gasteiger partial charge in [-0.1, -0.05) is 0 Å². The molecule has 3 heteroatoms. The number of ketones is 1. The van der Waals surface area contributed by atoms with Crippen LogP contribution in [0.25, 0.3) is 12.2 Å². The van der Waals surface area contributed by atoms with Crippen molar-refractivity contribution in [2.45, 2.75) is 0 Å². The molecule has 0 atom stereocenters. The second kappa shape index (κ2) is 2.24. The topological polar surface area (TPSA) is 17.1 Å². The van der Waals surface area contributed by atoms with Crippen molar-refractivity contribution >= 4 is 17.9 Å². The van der Waals surface area contributed by atoms with Crippen molar-refractivity contribution < 1.29 is 13.6 Å². The fourth-order valence-corrected chi connectivity index (χ4v) is 1.21. The van der Waals surface area contributed by atoms with Crippen LogP contribution < -0.4 is 10.4 Å². The number of benzene rings is 1. The molecule has 0 saturated heterocycles. The summed E-state index contributed by atoms with van der Waals surface area (Å²) in [4.78, 5) is 10.8. The lowest BCUT2D eigenvalue weighted by molar-refractivity contribution is -0.107. The van der Waals surface area contributed by atoms with Gasteiger partial charge in [0.25, 0.3) is 0 Å². The largest absolute Gasteiger partial charge is 0.290 e. The van der Waals surface area contributed by atoms with Gasteiger partial charge in [0.2, 0.25) is 0 Å². The quantitative estimate of drug-likeness (QED) is 0.534. The van der Waals surface area contributed by atoms with E-state index in [4.69, 9.17) is 0 Å². The monoisotopic (exact) mass is 166 g/mol. The number of Topliss-reactive ketones (excluding diaryl/α,β-unsaturated/α-hetero) is 1. The van der Waals surface area contributed by atoms with Crippen molar-refractivity contribution in [1.29, 1.82) is 0 Å². The van der Waals surface area contributed by atoms with E-state index < -0.39 is 11.6 Å². The summed E-state index contributed by atoms with van der Waals surface area (Å²) in [5.41, 5.74) is 0. The first-order valence-corrected chi connectivity index (χ1v) is 3.39. The fraction of sp³-hybridized carbons (Fsp3) is 0. The van der Waals surface area contributed by atoms with Gasteiger partial charge in [0.15, 0.2) is 5.78 Å². The number of carbonyl (C=O) groups is 1. The number of halogens is 2. The van der Waals surface area contributed by atoms with Crippen LogP contribution >= 0.6 is 0 Å². The van der Waals surface area contributed by atoms with Gasteiger partial charge in [0, 0.05) is 11.3 Å². The van der Waals surface area contributed by atoms with Gasteiger partial charge in [-0.15, -0.1) is 0 Å². The molecule has 0 heterocycles. The van der Waals surface area contributed by atoms with E-state index in [1.165, 1.54) is 6.08 Å².